The van der Waals surface area contributed by atoms with Gasteiger partial charge in [-0.2, -0.15) is 0 Å². The van der Waals surface area contributed by atoms with E-state index in [1.54, 1.807) is 36.4 Å². The molecule has 4 rings (SSSR count). The van der Waals surface area contributed by atoms with Gasteiger partial charge in [0, 0.05) is 0 Å². The standard InChI is InChI=1S/C28H24N2O4/c31-27(20-33-24-17-15-23(16-18-24)22-11-5-2-6-12-22)29-30-28(32)25-13-7-8-14-26(25)34-19-21-9-3-1-4-10-21/h1-18H,19-20H2,(H,29,31)(H,30,32). The Bertz CT molecular complexity index is 1230. The molecular weight excluding hydrogens is 428 g/mol. The van der Waals surface area contributed by atoms with Gasteiger partial charge in [-0.05, 0) is 41.0 Å². The summed E-state index contributed by atoms with van der Waals surface area (Å²) in [4.78, 5) is 24.7. The summed E-state index contributed by atoms with van der Waals surface area (Å²) < 4.78 is 11.3. The molecule has 0 radical (unpaired) electrons. The number of hydrogen-bond acceptors (Lipinski definition) is 4. The molecule has 0 atom stereocenters. The minimum absolute atomic E-state index is 0.239. The van der Waals surface area contributed by atoms with Crippen LogP contribution >= 0.6 is 0 Å². The molecule has 0 spiro atoms. The quantitative estimate of drug-likeness (QED) is 0.378. The maximum absolute atomic E-state index is 12.6. The molecule has 2 N–H and O–H groups in total. The van der Waals surface area contributed by atoms with Gasteiger partial charge in [-0.1, -0.05) is 84.9 Å². The fourth-order valence-corrected chi connectivity index (χ4v) is 3.27. The van der Waals surface area contributed by atoms with Crippen LogP contribution in [0.3, 0.4) is 0 Å². The van der Waals surface area contributed by atoms with E-state index in [9.17, 15) is 9.59 Å². The first-order valence-corrected chi connectivity index (χ1v) is 10.8. The van der Waals surface area contributed by atoms with Gasteiger partial charge in [0.05, 0.1) is 5.56 Å². The van der Waals surface area contributed by atoms with Crippen molar-refractivity contribution in [2.45, 2.75) is 6.61 Å². The molecule has 0 bridgehead atoms. The van der Waals surface area contributed by atoms with Crippen LogP contribution in [0, 0.1) is 0 Å². The zero-order chi connectivity index (χ0) is 23.6. The number of nitrogens with one attached hydrogen (secondary N) is 2. The summed E-state index contributed by atoms with van der Waals surface area (Å²) in [5.74, 6) is 0.0149. The molecule has 0 saturated carbocycles. The van der Waals surface area contributed by atoms with Crippen LogP contribution in [0.1, 0.15) is 15.9 Å². The number of carbonyl (C=O) groups excluding carboxylic acids is 2. The fourth-order valence-electron chi connectivity index (χ4n) is 3.27. The van der Waals surface area contributed by atoms with Crippen LogP contribution < -0.4 is 20.3 Å². The average Bonchev–Trinajstić information content (AvgIpc) is 2.91. The smallest absolute Gasteiger partial charge is 0.276 e. The van der Waals surface area contributed by atoms with Crippen molar-refractivity contribution in [3.05, 3.63) is 120 Å². The highest BCUT2D eigenvalue weighted by molar-refractivity contribution is 5.97. The predicted molar refractivity (Wildman–Crippen MR) is 130 cm³/mol. The Kier molecular flexibility index (Phi) is 7.54. The molecule has 4 aromatic carbocycles. The molecular formula is C28H24N2O4. The first-order valence-electron chi connectivity index (χ1n) is 10.8. The maximum atomic E-state index is 12.6. The van der Waals surface area contributed by atoms with Crippen molar-refractivity contribution in [3.8, 4) is 22.6 Å². The number of hydrogen-bond donors (Lipinski definition) is 2. The first-order chi connectivity index (χ1) is 16.7. The van der Waals surface area contributed by atoms with Crippen LogP contribution in [0.5, 0.6) is 11.5 Å². The van der Waals surface area contributed by atoms with Crippen LogP contribution in [0.4, 0.5) is 0 Å². The number of para-hydroxylation sites is 1. The summed E-state index contributed by atoms with van der Waals surface area (Å²) >= 11 is 0. The van der Waals surface area contributed by atoms with Gasteiger partial charge in [0.2, 0.25) is 0 Å². The zero-order valence-corrected chi connectivity index (χ0v) is 18.4. The second kappa shape index (κ2) is 11.3. The van der Waals surface area contributed by atoms with E-state index in [0.717, 1.165) is 16.7 Å². The van der Waals surface area contributed by atoms with E-state index >= 15 is 0 Å². The SMILES string of the molecule is O=C(COc1ccc(-c2ccccc2)cc1)NNC(=O)c1ccccc1OCc1ccccc1. The van der Waals surface area contributed by atoms with Crippen LogP contribution in [0.2, 0.25) is 0 Å². The molecule has 6 heteroatoms. The van der Waals surface area contributed by atoms with Gasteiger partial charge in [0.25, 0.3) is 11.8 Å². The summed E-state index contributed by atoms with van der Waals surface area (Å²) in [6.45, 7) is 0.0888. The molecule has 4 aromatic rings. The Morgan fingerprint density at radius 2 is 1.24 bits per heavy atom. The van der Waals surface area contributed by atoms with Crippen LogP contribution in [-0.2, 0) is 11.4 Å². The minimum Gasteiger partial charge on any atom is -0.488 e. The second-order valence-electron chi connectivity index (χ2n) is 7.45. The molecule has 6 nitrogen and oxygen atoms in total. The van der Waals surface area contributed by atoms with Gasteiger partial charge in [-0.25, -0.2) is 0 Å². The number of rotatable bonds is 8. The largest absolute Gasteiger partial charge is 0.488 e. The molecule has 0 aliphatic heterocycles. The van der Waals surface area contributed by atoms with Crippen LogP contribution in [0.15, 0.2) is 109 Å². The van der Waals surface area contributed by atoms with Crippen molar-refractivity contribution in [3.63, 3.8) is 0 Å². The molecule has 0 fully saturated rings. The lowest BCUT2D eigenvalue weighted by atomic mass is 10.1. The molecule has 170 valence electrons. The lowest BCUT2D eigenvalue weighted by molar-refractivity contribution is -0.123. The van der Waals surface area contributed by atoms with Gasteiger partial charge >= 0.3 is 0 Å². The monoisotopic (exact) mass is 452 g/mol. The molecule has 0 saturated heterocycles. The van der Waals surface area contributed by atoms with E-state index in [1.165, 1.54) is 0 Å². The first kappa shape index (κ1) is 22.6. The summed E-state index contributed by atoms with van der Waals surface area (Å²) in [6.07, 6.45) is 0. The van der Waals surface area contributed by atoms with Crippen LogP contribution in [-0.4, -0.2) is 18.4 Å². The number of ether oxygens (including phenoxy) is 2. The van der Waals surface area contributed by atoms with E-state index in [2.05, 4.69) is 10.9 Å². The van der Waals surface area contributed by atoms with Gasteiger partial charge in [0.15, 0.2) is 6.61 Å². The molecule has 2 amide bonds. The third-order valence-electron chi connectivity index (χ3n) is 5.02. The summed E-state index contributed by atoms with van der Waals surface area (Å²) in [5, 5.41) is 0. The van der Waals surface area contributed by atoms with Crippen molar-refractivity contribution < 1.29 is 19.1 Å². The van der Waals surface area contributed by atoms with Gasteiger partial charge in [0.1, 0.15) is 18.1 Å². The van der Waals surface area contributed by atoms with Gasteiger partial charge in [-0.3, -0.25) is 20.4 Å². The number of amides is 2. The summed E-state index contributed by atoms with van der Waals surface area (Å²) in [7, 11) is 0. The van der Waals surface area contributed by atoms with Gasteiger partial charge in [-0.15, -0.1) is 0 Å². The summed E-state index contributed by atoms with van der Waals surface area (Å²) in [6, 6.07) is 33.9. The topological polar surface area (TPSA) is 76.7 Å². The zero-order valence-electron chi connectivity index (χ0n) is 18.4. The van der Waals surface area contributed by atoms with Crippen molar-refractivity contribution in [2.24, 2.45) is 0 Å². The fraction of sp³-hybridized carbons (Fsp3) is 0.0714. The lowest BCUT2D eigenvalue weighted by Gasteiger charge is -2.13. The van der Waals surface area contributed by atoms with Crippen molar-refractivity contribution >= 4 is 11.8 Å². The molecule has 0 heterocycles. The summed E-state index contributed by atoms with van der Waals surface area (Å²) in [5.41, 5.74) is 8.23. The molecule has 0 aliphatic carbocycles. The Morgan fingerprint density at radius 1 is 0.618 bits per heavy atom. The molecule has 0 unspecified atom stereocenters. The highest BCUT2D eigenvalue weighted by Crippen LogP contribution is 2.22. The minimum atomic E-state index is -0.483. The van der Waals surface area contributed by atoms with Gasteiger partial charge < -0.3 is 9.47 Å². The Morgan fingerprint density at radius 3 is 1.97 bits per heavy atom. The normalized spacial score (nSPS) is 10.2. The van der Waals surface area contributed by atoms with Crippen molar-refractivity contribution in [1.82, 2.24) is 10.9 Å². The van der Waals surface area contributed by atoms with E-state index in [1.807, 2.05) is 72.8 Å². The van der Waals surface area contributed by atoms with E-state index in [4.69, 9.17) is 9.47 Å². The van der Waals surface area contributed by atoms with Crippen LogP contribution in [0.25, 0.3) is 11.1 Å². The predicted octanol–water partition coefficient (Wildman–Crippen LogP) is 4.77. The van der Waals surface area contributed by atoms with E-state index < -0.39 is 11.8 Å². The number of hydrazine groups is 1. The Hall–Kier alpha value is -4.58. The highest BCUT2D eigenvalue weighted by Gasteiger charge is 2.13. The third-order valence-corrected chi connectivity index (χ3v) is 5.02. The van der Waals surface area contributed by atoms with Crippen molar-refractivity contribution in [1.29, 1.82) is 0 Å². The second-order valence-corrected chi connectivity index (χ2v) is 7.45. The lowest BCUT2D eigenvalue weighted by Crippen LogP contribution is -2.43. The number of carbonyl (C=O) groups is 2. The maximum Gasteiger partial charge on any atom is 0.276 e. The Balaban J connectivity index is 1.26. The molecule has 0 aliphatic rings. The Labute approximate surface area is 198 Å². The number of benzene rings is 4. The van der Waals surface area contributed by atoms with E-state index in [0.29, 0.717) is 23.7 Å². The highest BCUT2D eigenvalue weighted by atomic mass is 16.5. The van der Waals surface area contributed by atoms with Crippen molar-refractivity contribution in [2.75, 3.05) is 6.61 Å². The average molecular weight is 453 g/mol. The third kappa shape index (κ3) is 6.23. The van der Waals surface area contributed by atoms with E-state index in [-0.39, 0.29) is 6.61 Å². The molecule has 34 heavy (non-hydrogen) atoms. The molecule has 0 aromatic heterocycles.